The Morgan fingerprint density at radius 2 is 1.33 bits per heavy atom. The summed E-state index contributed by atoms with van der Waals surface area (Å²) in [5, 5.41) is 0. The summed E-state index contributed by atoms with van der Waals surface area (Å²) in [6.45, 7) is 0. The molecule has 0 aliphatic rings. The Kier molecular flexibility index (Phi) is 27.3. The third kappa shape index (κ3) is 32.6. The van der Waals surface area contributed by atoms with Crippen molar-refractivity contribution in [1.82, 2.24) is 0 Å². The first-order valence-corrected chi connectivity index (χ1v) is 2.33. The molecule has 28 valence electrons. The summed E-state index contributed by atoms with van der Waals surface area (Å²) >= 11 is -3.69. The van der Waals surface area contributed by atoms with Crippen molar-refractivity contribution in [2.75, 3.05) is 0 Å². The molecule has 0 aliphatic heterocycles. The van der Waals surface area contributed by atoms with Gasteiger partial charge in [0, 0.05) is 0 Å². The van der Waals surface area contributed by atoms with Crippen molar-refractivity contribution in [2.24, 2.45) is 0 Å². The van der Waals surface area contributed by atoms with Gasteiger partial charge in [-0.25, -0.2) is 0 Å². The fourth-order valence-electron chi connectivity index (χ4n) is 0. The second-order valence-corrected chi connectivity index (χ2v) is 0.981. The molecule has 0 saturated heterocycles. The van der Waals surface area contributed by atoms with Gasteiger partial charge in [-0.1, -0.05) is 0 Å². The molecule has 0 unspecified atom stereocenters. The minimum absolute atomic E-state index is 0. The third-order valence-electron chi connectivity index (χ3n) is 0. The predicted molar refractivity (Wildman–Crippen MR) is 17.9 cm³/mol. The second kappa shape index (κ2) is 10.4. The van der Waals surface area contributed by atoms with Crippen LogP contribution in [0.1, 0.15) is 0 Å². The number of hydrogen-bond acceptors (Lipinski definition) is 2. The van der Waals surface area contributed by atoms with Crippen LogP contribution in [-0.4, -0.2) is 74.3 Å². The molecule has 0 atom stereocenters. The molecule has 3 nitrogen and oxygen atoms in total. The summed E-state index contributed by atoms with van der Waals surface area (Å²) < 4.78 is 24.4. The Labute approximate surface area is 94.8 Å². The molecule has 0 radical (unpaired) electrons. The van der Waals surface area contributed by atoms with Gasteiger partial charge in [-0.05, 0) is 0 Å². The van der Waals surface area contributed by atoms with E-state index in [1.54, 1.807) is 0 Å². The monoisotopic (exact) mass is 148 g/mol. The molecule has 0 fully saturated rings. The van der Waals surface area contributed by atoms with E-state index in [4.69, 9.17) is 11.4 Å². The van der Waals surface area contributed by atoms with Crippen molar-refractivity contribution < 1.29 is 26.8 Å². The molecule has 1 N–H and O–H groups in total. The first-order chi connectivity index (χ1) is 1.73. The van der Waals surface area contributed by atoms with Gasteiger partial charge in [0.15, 0.2) is 0 Å². The van der Waals surface area contributed by atoms with Gasteiger partial charge in [0.1, 0.15) is 0 Å². The average Bonchev–Trinajstić information content (AvgIpc) is 0.811. The van der Waals surface area contributed by atoms with Gasteiger partial charge < -0.3 is 0 Å². The third-order valence-corrected chi connectivity index (χ3v) is 0. The summed E-state index contributed by atoms with van der Waals surface area (Å²) in [6, 6.07) is 0. The van der Waals surface area contributed by atoms with Crippen LogP contribution in [-0.2, 0) is 22.7 Å². The molecule has 0 amide bonds. The van der Waals surface area contributed by atoms with Crippen molar-refractivity contribution in [3.05, 3.63) is 0 Å². The van der Waals surface area contributed by atoms with Crippen molar-refractivity contribution >= 4 is 70.2 Å². The van der Waals surface area contributed by atoms with Gasteiger partial charge in [-0.3, -0.25) is 0 Å². The molecular formula is H3KLiO3V. The Balaban J connectivity index is -0.0000000450. The van der Waals surface area contributed by atoms with E-state index in [2.05, 4.69) is 0 Å². The van der Waals surface area contributed by atoms with Gasteiger partial charge in [0.05, 0.1) is 0 Å². The van der Waals surface area contributed by atoms with Crippen molar-refractivity contribution in [3.63, 3.8) is 0 Å². The van der Waals surface area contributed by atoms with E-state index in [0.29, 0.717) is 0 Å². The van der Waals surface area contributed by atoms with Crippen LogP contribution in [0.2, 0.25) is 0 Å². The van der Waals surface area contributed by atoms with E-state index in [9.17, 15) is 0 Å². The zero-order chi connectivity index (χ0) is 3.58. The van der Waals surface area contributed by atoms with Crippen LogP contribution < -0.4 is 0 Å². The fourth-order valence-corrected chi connectivity index (χ4v) is 0. The van der Waals surface area contributed by atoms with Crippen molar-refractivity contribution in [3.8, 4) is 0 Å². The van der Waals surface area contributed by atoms with Gasteiger partial charge in [-0.2, -0.15) is 0 Å². The molecule has 0 rings (SSSR count). The Bertz CT molecular complexity index is 59.2. The maximum absolute atomic E-state index is 8.67. The molecule has 0 heterocycles. The van der Waals surface area contributed by atoms with Crippen LogP contribution >= 0.6 is 0 Å². The zero-order valence-electron chi connectivity index (χ0n) is 1.71. The van der Waals surface area contributed by atoms with Crippen LogP contribution in [0.25, 0.3) is 0 Å². The molecule has 0 spiro atoms. The van der Waals surface area contributed by atoms with E-state index in [-0.39, 0.29) is 70.2 Å². The summed E-state index contributed by atoms with van der Waals surface area (Å²) in [5.41, 5.74) is 0. The standard InChI is InChI=1S/K.Li.H2O.2O.V.2H/h;;1H2;;;;;/q;;;;;+1;;/p-1. The molecule has 0 bridgehead atoms. The molecule has 0 aliphatic carbocycles. The summed E-state index contributed by atoms with van der Waals surface area (Å²) in [5.74, 6) is 0. The fraction of sp³-hybridized carbons (Fsp3) is 0. The molecule has 6 heteroatoms. The zero-order valence-corrected chi connectivity index (χ0v) is 3.11. The van der Waals surface area contributed by atoms with Crippen molar-refractivity contribution in [1.29, 1.82) is 0 Å². The van der Waals surface area contributed by atoms with Gasteiger partial charge >= 0.3 is 97.0 Å². The Hall–Kier alpha value is 2.38. The Morgan fingerprint density at radius 3 is 1.33 bits per heavy atom. The van der Waals surface area contributed by atoms with Crippen LogP contribution in [0.3, 0.4) is 0 Å². The van der Waals surface area contributed by atoms with Gasteiger partial charge in [0.2, 0.25) is 0 Å². The van der Waals surface area contributed by atoms with E-state index in [1.807, 2.05) is 0 Å². The second-order valence-electron chi connectivity index (χ2n) is 0.238. The van der Waals surface area contributed by atoms with Crippen LogP contribution in [0.15, 0.2) is 0 Å². The van der Waals surface area contributed by atoms with Crippen LogP contribution in [0.5, 0.6) is 0 Å². The van der Waals surface area contributed by atoms with Crippen LogP contribution in [0.4, 0.5) is 0 Å². The topological polar surface area (TPSA) is 54.4 Å². The normalized spacial score (nSPS) is 4.17. The molecule has 0 aromatic heterocycles. The molecule has 6 heavy (non-hydrogen) atoms. The van der Waals surface area contributed by atoms with E-state index < -0.39 is 15.4 Å². The predicted octanol–water partition coefficient (Wildman–Crippen LogP) is -2.09. The number of rotatable bonds is 0. The van der Waals surface area contributed by atoms with Crippen molar-refractivity contribution in [2.45, 2.75) is 0 Å². The average molecular weight is 148 g/mol. The first kappa shape index (κ1) is 15.8. The summed E-state index contributed by atoms with van der Waals surface area (Å²) in [7, 11) is 0. The molecule has 0 aromatic rings. The van der Waals surface area contributed by atoms with E-state index >= 15 is 0 Å². The molecule has 0 saturated carbocycles. The number of hydrogen-bond donors (Lipinski definition) is 1. The Morgan fingerprint density at radius 1 is 1.33 bits per heavy atom. The summed E-state index contributed by atoms with van der Waals surface area (Å²) in [4.78, 5) is 0. The van der Waals surface area contributed by atoms with E-state index in [1.165, 1.54) is 0 Å². The first-order valence-electron chi connectivity index (χ1n) is 0.565. The SMILES string of the molecule is [KH].[LiH].[O]=[V](=[O])[OH]. The minimum atomic E-state index is -3.69. The van der Waals surface area contributed by atoms with E-state index in [0.717, 1.165) is 0 Å². The van der Waals surface area contributed by atoms with Gasteiger partial charge in [-0.15, -0.1) is 0 Å². The van der Waals surface area contributed by atoms with Crippen LogP contribution in [0, 0.1) is 0 Å². The van der Waals surface area contributed by atoms with Gasteiger partial charge in [0.25, 0.3) is 0 Å². The quantitative estimate of drug-likeness (QED) is 0.400. The molecular weight excluding hydrogens is 145 g/mol. The maximum atomic E-state index is 8.67. The summed E-state index contributed by atoms with van der Waals surface area (Å²) in [6.07, 6.45) is 0. The molecule has 0 aromatic carbocycles.